The zero-order chi connectivity index (χ0) is 57.4. The van der Waals surface area contributed by atoms with Crippen molar-refractivity contribution in [1.82, 2.24) is 5.32 Å². The van der Waals surface area contributed by atoms with Crippen LogP contribution in [0.2, 0.25) is 0 Å². The van der Waals surface area contributed by atoms with Gasteiger partial charge in [-0.25, -0.2) is 0 Å². The lowest BCUT2D eigenvalue weighted by Gasteiger charge is -2.46. The van der Waals surface area contributed by atoms with E-state index in [9.17, 15) is 45.6 Å². The quantitative estimate of drug-likeness (QED) is 0.0205. The summed E-state index contributed by atoms with van der Waals surface area (Å²) in [5.74, 6) is -0.302. The van der Waals surface area contributed by atoms with E-state index in [0.717, 1.165) is 89.9 Å². The highest BCUT2D eigenvalue weighted by atomic mass is 16.7. The Morgan fingerprint density at radius 2 is 0.886 bits per heavy atom. The first-order valence-electron chi connectivity index (χ1n) is 29.9. The average Bonchev–Trinajstić information content (AvgIpc) is 3.46. The highest BCUT2D eigenvalue weighted by molar-refractivity contribution is 5.76. The van der Waals surface area contributed by atoms with Crippen LogP contribution >= 0.6 is 0 Å². The molecule has 0 saturated carbocycles. The molecule has 12 unspecified atom stereocenters. The number of allylic oxidation sites excluding steroid dienone is 21. The van der Waals surface area contributed by atoms with E-state index in [2.05, 4.69) is 141 Å². The van der Waals surface area contributed by atoms with Crippen molar-refractivity contribution >= 4 is 5.91 Å². The van der Waals surface area contributed by atoms with Gasteiger partial charge >= 0.3 is 0 Å². The van der Waals surface area contributed by atoms with Crippen LogP contribution in [0.4, 0.5) is 0 Å². The molecule has 2 aliphatic heterocycles. The largest absolute Gasteiger partial charge is 0.394 e. The van der Waals surface area contributed by atoms with Gasteiger partial charge in [-0.2, -0.15) is 0 Å². The van der Waals surface area contributed by atoms with Crippen LogP contribution in [0, 0.1) is 0 Å². The van der Waals surface area contributed by atoms with E-state index < -0.39 is 86.8 Å². The van der Waals surface area contributed by atoms with Crippen molar-refractivity contribution in [1.29, 1.82) is 0 Å². The van der Waals surface area contributed by atoms with Gasteiger partial charge in [0.25, 0.3) is 0 Å². The highest BCUT2D eigenvalue weighted by Gasteiger charge is 2.51. The third kappa shape index (κ3) is 34.2. The van der Waals surface area contributed by atoms with E-state index in [4.69, 9.17) is 18.9 Å². The van der Waals surface area contributed by atoms with Crippen LogP contribution in [0.15, 0.2) is 134 Å². The second kappa shape index (κ2) is 48.8. The number of carbonyl (C=O) groups is 1. The molecule has 0 aliphatic carbocycles. The Bertz CT molecular complexity index is 1830. The number of hydrogen-bond donors (Lipinski definition) is 9. The van der Waals surface area contributed by atoms with Crippen molar-refractivity contribution < 1.29 is 64.6 Å². The molecule has 14 nitrogen and oxygen atoms in total. The van der Waals surface area contributed by atoms with E-state index >= 15 is 0 Å². The zero-order valence-corrected chi connectivity index (χ0v) is 48.0. The normalized spacial score (nSPS) is 25.4. The van der Waals surface area contributed by atoms with E-state index in [0.29, 0.717) is 12.8 Å². The fraction of sp³-hybridized carbons (Fsp3) is 0.646. The fourth-order valence-electron chi connectivity index (χ4n) is 8.75. The Labute approximate surface area is 475 Å². The lowest BCUT2D eigenvalue weighted by atomic mass is 9.97. The summed E-state index contributed by atoms with van der Waals surface area (Å²) in [6, 6.07) is -0.972. The van der Waals surface area contributed by atoms with Gasteiger partial charge in [-0.15, -0.1) is 0 Å². The minimum Gasteiger partial charge on any atom is -0.394 e. The molecule has 2 fully saturated rings. The number of amides is 1. The van der Waals surface area contributed by atoms with E-state index in [1.54, 1.807) is 6.08 Å². The Morgan fingerprint density at radius 3 is 1.39 bits per heavy atom. The number of hydrogen-bond acceptors (Lipinski definition) is 13. The summed E-state index contributed by atoms with van der Waals surface area (Å²) in [4.78, 5) is 13.2. The van der Waals surface area contributed by atoms with Gasteiger partial charge in [0.05, 0.1) is 32.0 Å². The SMILES string of the molecule is CC/C=C\C/C=C\C/C=C\C/C=C\C/C=C\C/C=C\C/C=C\C/C=C\CCCCC(=O)NC(COC1OC(CO)C(OC2OC(CO)C(O)C(O)C2O)C(O)C1O)C(O)/C=C/CC/C=C/CC/C=C/CCCCCCCCCC. The molecule has 0 radical (unpaired) electrons. The summed E-state index contributed by atoms with van der Waals surface area (Å²) < 4.78 is 22.7. The number of aliphatic hydroxyl groups is 8. The molecule has 2 saturated heterocycles. The smallest absolute Gasteiger partial charge is 0.220 e. The summed E-state index contributed by atoms with van der Waals surface area (Å²) in [6.07, 6.45) is 54.9. The molecule has 1 amide bonds. The van der Waals surface area contributed by atoms with E-state index in [-0.39, 0.29) is 18.9 Å². The van der Waals surface area contributed by atoms with Crippen LogP contribution in [0.25, 0.3) is 0 Å². The molecule has 12 atom stereocenters. The summed E-state index contributed by atoms with van der Waals surface area (Å²) >= 11 is 0. The van der Waals surface area contributed by atoms with Crippen LogP contribution in [0.3, 0.4) is 0 Å². The maximum absolute atomic E-state index is 13.2. The summed E-state index contributed by atoms with van der Waals surface area (Å²) in [7, 11) is 0. The van der Waals surface area contributed by atoms with Crippen LogP contribution in [0.1, 0.15) is 174 Å². The molecule has 2 heterocycles. The molecular formula is C65H105NO13. The van der Waals surface area contributed by atoms with Crippen LogP contribution in [-0.2, 0) is 23.7 Å². The minimum absolute atomic E-state index is 0.205. The molecule has 0 spiro atoms. The number of aliphatic hydroxyl groups excluding tert-OH is 8. The first kappa shape index (κ1) is 71.2. The van der Waals surface area contributed by atoms with Crippen molar-refractivity contribution in [3.63, 3.8) is 0 Å². The summed E-state index contributed by atoms with van der Waals surface area (Å²) in [5, 5.41) is 87.0. The van der Waals surface area contributed by atoms with E-state index in [1.165, 1.54) is 51.4 Å². The Balaban J connectivity index is 1.82. The first-order valence-corrected chi connectivity index (χ1v) is 29.9. The van der Waals surface area contributed by atoms with Crippen molar-refractivity contribution in [3.05, 3.63) is 134 Å². The van der Waals surface area contributed by atoms with Gasteiger partial charge in [0.2, 0.25) is 5.91 Å². The molecular weight excluding hydrogens is 1000 g/mol. The second-order valence-corrected chi connectivity index (χ2v) is 20.4. The monoisotopic (exact) mass is 1110 g/mol. The molecule has 0 bridgehead atoms. The lowest BCUT2D eigenvalue weighted by Crippen LogP contribution is -2.65. The fourth-order valence-corrected chi connectivity index (χ4v) is 8.75. The van der Waals surface area contributed by atoms with E-state index in [1.807, 2.05) is 6.08 Å². The van der Waals surface area contributed by atoms with Crippen molar-refractivity contribution in [3.8, 4) is 0 Å². The Hall–Kier alpha value is -3.87. The summed E-state index contributed by atoms with van der Waals surface area (Å²) in [6.45, 7) is 2.60. The lowest BCUT2D eigenvalue weighted by molar-refractivity contribution is -0.359. The second-order valence-electron chi connectivity index (χ2n) is 20.4. The van der Waals surface area contributed by atoms with Gasteiger partial charge < -0.3 is 65.1 Å². The Morgan fingerprint density at radius 1 is 0.468 bits per heavy atom. The highest BCUT2D eigenvalue weighted by Crippen LogP contribution is 2.30. The van der Waals surface area contributed by atoms with Crippen LogP contribution in [0.5, 0.6) is 0 Å². The Kier molecular flexibility index (Phi) is 44.0. The molecule has 9 N–H and O–H groups in total. The molecule has 448 valence electrons. The van der Waals surface area contributed by atoms with Gasteiger partial charge in [-0.1, -0.05) is 192 Å². The third-order valence-electron chi connectivity index (χ3n) is 13.5. The predicted molar refractivity (Wildman–Crippen MR) is 318 cm³/mol. The number of ether oxygens (including phenoxy) is 4. The van der Waals surface area contributed by atoms with Gasteiger partial charge in [0.15, 0.2) is 12.6 Å². The van der Waals surface area contributed by atoms with Crippen molar-refractivity contribution in [2.24, 2.45) is 0 Å². The van der Waals surface area contributed by atoms with Gasteiger partial charge in [-0.05, 0) is 109 Å². The third-order valence-corrected chi connectivity index (χ3v) is 13.5. The number of carbonyl (C=O) groups excluding carboxylic acids is 1. The number of rotatable bonds is 45. The molecule has 2 rings (SSSR count). The van der Waals surface area contributed by atoms with Crippen LogP contribution < -0.4 is 5.32 Å². The molecule has 0 aromatic carbocycles. The van der Waals surface area contributed by atoms with Crippen molar-refractivity contribution in [2.75, 3.05) is 19.8 Å². The zero-order valence-electron chi connectivity index (χ0n) is 48.0. The first-order chi connectivity index (χ1) is 38.6. The predicted octanol–water partition coefficient (Wildman–Crippen LogP) is 10.4. The molecule has 0 aromatic heterocycles. The molecule has 0 aromatic rings. The maximum atomic E-state index is 13.2. The average molecular weight is 1110 g/mol. The standard InChI is InChI=1S/C65H105NO13/c1-3-5-7-9-11-13-15-17-19-21-23-24-25-26-27-28-29-30-31-33-35-37-39-41-43-45-47-49-57(70)66-53(54(69)48-46-44-42-40-38-36-34-32-22-20-18-16-14-12-10-8-6-4-2)52-76-64-62(75)60(73)63(56(51-68)78-64)79-65-61(74)59(72)58(71)55(50-67)77-65/h5,7,11,13,17,19,22-24,26-27,29-30,32-33,35,38-41,46,48,53-56,58-65,67-69,71-75H,3-4,6,8-10,12,14-16,18,20-21,25,28,31,34,36-37,42-45,47,49-52H2,1-2H3,(H,66,70)/b7-5-,13-11-,19-17-,24-23-,27-26-,30-29-,32-22+,35-33-,40-38+,41-39-,48-46+. The summed E-state index contributed by atoms with van der Waals surface area (Å²) in [5.41, 5.74) is 0. The molecule has 79 heavy (non-hydrogen) atoms. The number of nitrogens with one attached hydrogen (secondary N) is 1. The topological polar surface area (TPSA) is 228 Å². The molecule has 14 heteroatoms. The molecule has 2 aliphatic rings. The minimum atomic E-state index is -1.80. The van der Waals surface area contributed by atoms with Crippen molar-refractivity contribution in [2.45, 2.75) is 248 Å². The maximum Gasteiger partial charge on any atom is 0.220 e. The van der Waals surface area contributed by atoms with Crippen LogP contribution in [-0.4, -0.2) is 140 Å². The van der Waals surface area contributed by atoms with Gasteiger partial charge in [0, 0.05) is 6.42 Å². The van der Waals surface area contributed by atoms with Gasteiger partial charge in [-0.3, -0.25) is 4.79 Å². The van der Waals surface area contributed by atoms with Gasteiger partial charge in [0.1, 0.15) is 48.8 Å². The number of unbranched alkanes of at least 4 members (excludes halogenated alkanes) is 12.